The normalized spacial score (nSPS) is 11.0. The van der Waals surface area contributed by atoms with Crippen LogP contribution in [0.15, 0.2) is 24.5 Å². The third-order valence-corrected chi connectivity index (χ3v) is 3.45. The Bertz CT molecular complexity index is 606. The molecule has 0 radical (unpaired) electrons. The van der Waals surface area contributed by atoms with Gasteiger partial charge in [0, 0.05) is 12.6 Å². The van der Waals surface area contributed by atoms with Gasteiger partial charge in [-0.05, 0) is 37.5 Å². The van der Waals surface area contributed by atoms with Gasteiger partial charge in [0.25, 0.3) is 0 Å². The molecule has 1 aromatic heterocycles. The number of ether oxygens (including phenoxy) is 1. The van der Waals surface area contributed by atoms with Gasteiger partial charge in [0.1, 0.15) is 5.75 Å². The third-order valence-electron chi connectivity index (χ3n) is 3.45. The van der Waals surface area contributed by atoms with Crippen LogP contribution in [0.5, 0.6) is 11.6 Å². The molecular weight excluding hydrogens is 262 g/mol. The summed E-state index contributed by atoms with van der Waals surface area (Å²) in [7, 11) is 0. The van der Waals surface area contributed by atoms with E-state index in [0.29, 0.717) is 18.5 Å². The van der Waals surface area contributed by atoms with Crippen molar-refractivity contribution in [3.63, 3.8) is 0 Å². The van der Waals surface area contributed by atoms with Gasteiger partial charge < -0.3 is 10.1 Å². The highest BCUT2D eigenvalue weighted by molar-refractivity contribution is 5.46. The van der Waals surface area contributed by atoms with E-state index >= 15 is 0 Å². The van der Waals surface area contributed by atoms with E-state index in [1.165, 1.54) is 5.56 Å². The van der Waals surface area contributed by atoms with Crippen molar-refractivity contribution in [2.75, 3.05) is 0 Å². The Morgan fingerprint density at radius 1 is 1.05 bits per heavy atom. The highest BCUT2D eigenvalue weighted by Gasteiger charge is 2.09. The number of benzene rings is 1. The molecule has 2 rings (SSSR count). The maximum absolute atomic E-state index is 5.91. The third kappa shape index (κ3) is 4.02. The molecule has 4 heteroatoms. The van der Waals surface area contributed by atoms with E-state index in [1.807, 2.05) is 6.92 Å². The Balaban J connectivity index is 2.12. The topological polar surface area (TPSA) is 47.0 Å². The van der Waals surface area contributed by atoms with E-state index < -0.39 is 0 Å². The molecule has 0 spiro atoms. The molecule has 0 bridgehead atoms. The van der Waals surface area contributed by atoms with E-state index in [0.717, 1.165) is 22.6 Å². The van der Waals surface area contributed by atoms with Gasteiger partial charge in [-0.3, -0.25) is 4.98 Å². The quantitative estimate of drug-likeness (QED) is 0.910. The minimum absolute atomic E-state index is 0.431. The molecule has 0 saturated carbocycles. The molecule has 0 amide bonds. The van der Waals surface area contributed by atoms with Crippen LogP contribution in [-0.4, -0.2) is 16.0 Å². The summed E-state index contributed by atoms with van der Waals surface area (Å²) in [5.41, 5.74) is 4.36. The first-order valence-electron chi connectivity index (χ1n) is 7.26. The number of nitrogens with zero attached hydrogens (tertiary/aromatic N) is 2. The second-order valence-electron chi connectivity index (χ2n) is 5.64. The Kier molecular flexibility index (Phi) is 4.91. The van der Waals surface area contributed by atoms with Crippen LogP contribution < -0.4 is 10.1 Å². The molecule has 0 unspecified atom stereocenters. The fourth-order valence-electron chi connectivity index (χ4n) is 1.98. The molecular formula is C17H23N3O. The van der Waals surface area contributed by atoms with Gasteiger partial charge in [-0.2, -0.15) is 0 Å². The van der Waals surface area contributed by atoms with Gasteiger partial charge in [-0.25, -0.2) is 4.98 Å². The number of hydrogen-bond donors (Lipinski definition) is 1. The van der Waals surface area contributed by atoms with Crippen molar-refractivity contribution in [1.29, 1.82) is 0 Å². The monoisotopic (exact) mass is 285 g/mol. The summed E-state index contributed by atoms with van der Waals surface area (Å²) in [6, 6.07) is 4.59. The van der Waals surface area contributed by atoms with E-state index in [4.69, 9.17) is 4.74 Å². The van der Waals surface area contributed by atoms with Crippen LogP contribution in [-0.2, 0) is 6.54 Å². The van der Waals surface area contributed by atoms with Crippen LogP contribution in [0, 0.1) is 20.8 Å². The average Bonchev–Trinajstić information content (AvgIpc) is 2.47. The predicted octanol–water partition coefficient (Wildman–Crippen LogP) is 3.69. The molecule has 2 aromatic rings. The van der Waals surface area contributed by atoms with E-state index in [9.17, 15) is 0 Å². The number of hydrogen-bond acceptors (Lipinski definition) is 4. The van der Waals surface area contributed by atoms with Gasteiger partial charge in [-0.15, -0.1) is 0 Å². The van der Waals surface area contributed by atoms with Crippen molar-refractivity contribution in [2.45, 2.75) is 47.2 Å². The van der Waals surface area contributed by atoms with E-state index in [2.05, 4.69) is 55.1 Å². The van der Waals surface area contributed by atoms with Crippen LogP contribution in [0.4, 0.5) is 0 Å². The molecule has 112 valence electrons. The molecule has 1 heterocycles. The van der Waals surface area contributed by atoms with Crippen LogP contribution >= 0.6 is 0 Å². The molecule has 0 fully saturated rings. The van der Waals surface area contributed by atoms with Crippen LogP contribution in [0.1, 0.15) is 36.2 Å². The lowest BCUT2D eigenvalue weighted by atomic mass is 10.1. The molecule has 1 N–H and O–H groups in total. The average molecular weight is 285 g/mol. The van der Waals surface area contributed by atoms with Gasteiger partial charge >= 0.3 is 0 Å². The summed E-state index contributed by atoms with van der Waals surface area (Å²) in [4.78, 5) is 8.72. The molecule has 1 aromatic carbocycles. The summed E-state index contributed by atoms with van der Waals surface area (Å²) in [5.74, 6) is 1.40. The van der Waals surface area contributed by atoms with Crippen molar-refractivity contribution in [2.24, 2.45) is 0 Å². The Morgan fingerprint density at radius 2 is 1.76 bits per heavy atom. The predicted molar refractivity (Wildman–Crippen MR) is 84.7 cm³/mol. The van der Waals surface area contributed by atoms with Gasteiger partial charge in [-0.1, -0.05) is 26.0 Å². The number of aromatic nitrogens is 2. The lowest BCUT2D eigenvalue weighted by Gasteiger charge is -2.13. The smallest absolute Gasteiger partial charge is 0.237 e. The van der Waals surface area contributed by atoms with Crippen LogP contribution in [0.25, 0.3) is 0 Å². The first kappa shape index (κ1) is 15.4. The second kappa shape index (κ2) is 6.68. The van der Waals surface area contributed by atoms with E-state index in [-0.39, 0.29) is 0 Å². The summed E-state index contributed by atoms with van der Waals surface area (Å²) in [6.07, 6.45) is 3.43. The highest BCUT2D eigenvalue weighted by atomic mass is 16.5. The maximum Gasteiger partial charge on any atom is 0.237 e. The van der Waals surface area contributed by atoms with Crippen molar-refractivity contribution in [3.05, 3.63) is 46.9 Å². The molecule has 4 nitrogen and oxygen atoms in total. The fraction of sp³-hybridized carbons (Fsp3) is 0.412. The molecule has 0 aliphatic rings. The minimum Gasteiger partial charge on any atom is -0.437 e. The van der Waals surface area contributed by atoms with Gasteiger partial charge in [0.2, 0.25) is 5.88 Å². The maximum atomic E-state index is 5.91. The molecule has 0 atom stereocenters. The zero-order chi connectivity index (χ0) is 15.4. The van der Waals surface area contributed by atoms with Crippen molar-refractivity contribution in [3.8, 4) is 11.6 Å². The lowest BCUT2D eigenvalue weighted by molar-refractivity contribution is 0.451. The lowest BCUT2D eigenvalue weighted by Crippen LogP contribution is -2.22. The SMILES string of the molecule is Cc1ccc(C)c(Oc2cnc(CNC(C)C)cn2)c1C. The Morgan fingerprint density at radius 3 is 2.38 bits per heavy atom. The fourth-order valence-corrected chi connectivity index (χ4v) is 1.98. The van der Waals surface area contributed by atoms with Crippen molar-refractivity contribution >= 4 is 0 Å². The zero-order valence-electron chi connectivity index (χ0n) is 13.4. The number of rotatable bonds is 5. The van der Waals surface area contributed by atoms with Crippen LogP contribution in [0.3, 0.4) is 0 Å². The first-order chi connectivity index (χ1) is 9.97. The molecule has 0 aliphatic carbocycles. The summed E-state index contributed by atoms with van der Waals surface area (Å²) < 4.78 is 5.91. The second-order valence-corrected chi connectivity index (χ2v) is 5.64. The largest absolute Gasteiger partial charge is 0.437 e. The van der Waals surface area contributed by atoms with Gasteiger partial charge in [0.15, 0.2) is 0 Å². The van der Waals surface area contributed by atoms with Crippen molar-refractivity contribution < 1.29 is 4.74 Å². The van der Waals surface area contributed by atoms with Gasteiger partial charge in [0.05, 0.1) is 18.1 Å². The van der Waals surface area contributed by atoms with Crippen molar-refractivity contribution in [1.82, 2.24) is 15.3 Å². The summed E-state index contributed by atoms with van der Waals surface area (Å²) >= 11 is 0. The Labute approximate surface area is 126 Å². The standard InChI is InChI=1S/C17H23N3O/c1-11(2)18-8-15-9-20-16(10-19-15)21-17-13(4)7-6-12(3)14(17)5/h6-7,9-11,18H,8H2,1-5H3. The number of aryl methyl sites for hydroxylation is 2. The molecule has 21 heavy (non-hydrogen) atoms. The van der Waals surface area contributed by atoms with Crippen LogP contribution in [0.2, 0.25) is 0 Å². The molecule has 0 saturated heterocycles. The van der Waals surface area contributed by atoms with E-state index in [1.54, 1.807) is 12.4 Å². The number of nitrogens with one attached hydrogen (secondary N) is 1. The molecule has 0 aliphatic heterocycles. The minimum atomic E-state index is 0.431. The first-order valence-corrected chi connectivity index (χ1v) is 7.26. The summed E-state index contributed by atoms with van der Waals surface area (Å²) in [5, 5.41) is 3.31. The highest BCUT2D eigenvalue weighted by Crippen LogP contribution is 2.29. The summed E-state index contributed by atoms with van der Waals surface area (Å²) in [6.45, 7) is 11.1. The zero-order valence-corrected chi connectivity index (χ0v) is 13.4. The Hall–Kier alpha value is -1.94.